The standard InChI is InChI=1S/C14H20Cl2N2/c1-14(2)4-3-6-18(7-5-14)13-9-11(16)10(15)8-12(13)17/h8-9H,3-7,17H2,1-2H3. The summed E-state index contributed by atoms with van der Waals surface area (Å²) in [7, 11) is 0. The van der Waals surface area contributed by atoms with E-state index in [1.54, 1.807) is 6.07 Å². The Labute approximate surface area is 119 Å². The molecule has 100 valence electrons. The average Bonchev–Trinajstić information content (AvgIpc) is 2.45. The number of hydrogen-bond donors (Lipinski definition) is 1. The van der Waals surface area contributed by atoms with Crippen LogP contribution in [0.25, 0.3) is 0 Å². The largest absolute Gasteiger partial charge is 0.397 e. The van der Waals surface area contributed by atoms with Crippen molar-refractivity contribution in [2.45, 2.75) is 33.1 Å². The molecular formula is C14H20Cl2N2. The summed E-state index contributed by atoms with van der Waals surface area (Å²) in [4.78, 5) is 2.33. The Kier molecular flexibility index (Phi) is 3.98. The molecule has 0 saturated carbocycles. The van der Waals surface area contributed by atoms with E-state index in [0.717, 1.165) is 18.8 Å². The molecule has 1 heterocycles. The van der Waals surface area contributed by atoms with Crippen molar-refractivity contribution in [1.82, 2.24) is 0 Å². The van der Waals surface area contributed by atoms with Crippen molar-refractivity contribution in [3.8, 4) is 0 Å². The average molecular weight is 287 g/mol. The van der Waals surface area contributed by atoms with Crippen LogP contribution in [0.1, 0.15) is 33.1 Å². The Morgan fingerprint density at radius 3 is 2.50 bits per heavy atom. The molecule has 1 aliphatic heterocycles. The van der Waals surface area contributed by atoms with Crippen molar-refractivity contribution in [3.63, 3.8) is 0 Å². The first-order chi connectivity index (χ1) is 8.39. The van der Waals surface area contributed by atoms with Crippen molar-refractivity contribution < 1.29 is 0 Å². The molecule has 1 aliphatic rings. The molecule has 2 N–H and O–H groups in total. The fourth-order valence-corrected chi connectivity index (χ4v) is 2.82. The summed E-state index contributed by atoms with van der Waals surface area (Å²) < 4.78 is 0. The molecule has 0 spiro atoms. The summed E-state index contributed by atoms with van der Waals surface area (Å²) in [5.41, 5.74) is 8.20. The second-order valence-corrected chi connectivity index (χ2v) is 6.64. The topological polar surface area (TPSA) is 29.3 Å². The highest BCUT2D eigenvalue weighted by Gasteiger charge is 2.24. The molecular weight excluding hydrogens is 267 g/mol. The fourth-order valence-electron chi connectivity index (χ4n) is 2.49. The maximum Gasteiger partial charge on any atom is 0.0615 e. The zero-order valence-electron chi connectivity index (χ0n) is 11.0. The summed E-state index contributed by atoms with van der Waals surface area (Å²) in [6, 6.07) is 3.63. The Morgan fingerprint density at radius 1 is 1.11 bits per heavy atom. The minimum Gasteiger partial charge on any atom is -0.397 e. The van der Waals surface area contributed by atoms with Gasteiger partial charge in [-0.1, -0.05) is 37.0 Å². The molecule has 0 aromatic heterocycles. The maximum atomic E-state index is 6.09. The number of hydrogen-bond acceptors (Lipinski definition) is 2. The van der Waals surface area contributed by atoms with Crippen LogP contribution in [-0.4, -0.2) is 13.1 Å². The second-order valence-electron chi connectivity index (χ2n) is 5.83. The summed E-state index contributed by atoms with van der Waals surface area (Å²) in [6.07, 6.45) is 3.62. The SMILES string of the molecule is CC1(C)CCCN(c2cc(Cl)c(Cl)cc2N)CC1. The van der Waals surface area contributed by atoms with Gasteiger partial charge in [0.1, 0.15) is 0 Å². The molecule has 18 heavy (non-hydrogen) atoms. The number of nitrogens with two attached hydrogens (primary N) is 1. The van der Waals surface area contributed by atoms with E-state index in [1.807, 2.05) is 6.07 Å². The lowest BCUT2D eigenvalue weighted by Gasteiger charge is -2.26. The smallest absolute Gasteiger partial charge is 0.0615 e. The minimum absolute atomic E-state index is 0.416. The zero-order chi connectivity index (χ0) is 13.3. The third-order valence-electron chi connectivity index (χ3n) is 3.75. The molecule has 1 aromatic rings. The van der Waals surface area contributed by atoms with Gasteiger partial charge in [0.05, 0.1) is 21.4 Å². The molecule has 1 aromatic carbocycles. The third kappa shape index (κ3) is 3.04. The fraction of sp³-hybridized carbons (Fsp3) is 0.571. The van der Waals surface area contributed by atoms with Crippen LogP contribution in [0.5, 0.6) is 0 Å². The predicted molar refractivity (Wildman–Crippen MR) is 80.7 cm³/mol. The van der Waals surface area contributed by atoms with Gasteiger partial charge in [-0.2, -0.15) is 0 Å². The first-order valence-corrected chi connectivity index (χ1v) is 7.14. The molecule has 2 nitrogen and oxygen atoms in total. The minimum atomic E-state index is 0.416. The van der Waals surface area contributed by atoms with Crippen LogP contribution >= 0.6 is 23.2 Å². The van der Waals surface area contributed by atoms with E-state index in [-0.39, 0.29) is 0 Å². The Morgan fingerprint density at radius 2 is 1.78 bits per heavy atom. The van der Waals surface area contributed by atoms with E-state index in [4.69, 9.17) is 28.9 Å². The number of nitrogens with zero attached hydrogens (tertiary/aromatic N) is 1. The van der Waals surface area contributed by atoms with E-state index >= 15 is 0 Å². The number of rotatable bonds is 1. The van der Waals surface area contributed by atoms with Crippen LogP contribution in [0, 0.1) is 5.41 Å². The van der Waals surface area contributed by atoms with Crippen LogP contribution in [-0.2, 0) is 0 Å². The highest BCUT2D eigenvalue weighted by Crippen LogP contribution is 2.36. The first-order valence-electron chi connectivity index (χ1n) is 6.38. The quantitative estimate of drug-likeness (QED) is 0.765. The molecule has 1 saturated heterocycles. The molecule has 0 radical (unpaired) electrons. The van der Waals surface area contributed by atoms with E-state index in [1.165, 1.54) is 19.3 Å². The Balaban J connectivity index is 2.24. The van der Waals surface area contributed by atoms with Gasteiger partial charge in [0.25, 0.3) is 0 Å². The first kappa shape index (κ1) is 13.8. The summed E-state index contributed by atoms with van der Waals surface area (Å²) >= 11 is 12.1. The van der Waals surface area contributed by atoms with Crippen LogP contribution in [0.3, 0.4) is 0 Å². The van der Waals surface area contributed by atoms with Gasteiger partial charge in [-0.05, 0) is 36.8 Å². The normalized spacial score (nSPS) is 19.7. The van der Waals surface area contributed by atoms with Gasteiger partial charge < -0.3 is 10.6 Å². The summed E-state index contributed by atoms with van der Waals surface area (Å²) in [5, 5.41) is 1.09. The summed E-state index contributed by atoms with van der Waals surface area (Å²) in [5.74, 6) is 0. The lowest BCUT2D eigenvalue weighted by Crippen LogP contribution is -2.25. The summed E-state index contributed by atoms with van der Waals surface area (Å²) in [6.45, 7) is 6.71. The molecule has 1 fully saturated rings. The molecule has 0 atom stereocenters. The van der Waals surface area contributed by atoms with Crippen LogP contribution in [0.2, 0.25) is 10.0 Å². The molecule has 2 rings (SSSR count). The maximum absolute atomic E-state index is 6.09. The van der Waals surface area contributed by atoms with Gasteiger partial charge >= 0.3 is 0 Å². The molecule has 4 heteroatoms. The molecule has 0 bridgehead atoms. The van der Waals surface area contributed by atoms with Crippen molar-refractivity contribution >= 4 is 34.6 Å². The lowest BCUT2D eigenvalue weighted by molar-refractivity contribution is 0.325. The second kappa shape index (κ2) is 5.18. The van der Waals surface area contributed by atoms with Crippen LogP contribution < -0.4 is 10.6 Å². The van der Waals surface area contributed by atoms with E-state index in [0.29, 0.717) is 21.1 Å². The lowest BCUT2D eigenvalue weighted by atomic mass is 9.85. The van der Waals surface area contributed by atoms with Gasteiger partial charge in [0, 0.05) is 13.1 Å². The van der Waals surface area contributed by atoms with Gasteiger partial charge in [-0.25, -0.2) is 0 Å². The Hall–Kier alpha value is -0.600. The van der Waals surface area contributed by atoms with Crippen molar-refractivity contribution in [2.24, 2.45) is 5.41 Å². The highest BCUT2D eigenvalue weighted by molar-refractivity contribution is 6.42. The van der Waals surface area contributed by atoms with Crippen molar-refractivity contribution in [1.29, 1.82) is 0 Å². The third-order valence-corrected chi connectivity index (χ3v) is 4.47. The zero-order valence-corrected chi connectivity index (χ0v) is 12.5. The molecule has 0 amide bonds. The van der Waals surface area contributed by atoms with Crippen LogP contribution in [0.15, 0.2) is 12.1 Å². The van der Waals surface area contributed by atoms with Gasteiger partial charge in [0.15, 0.2) is 0 Å². The number of benzene rings is 1. The van der Waals surface area contributed by atoms with Gasteiger partial charge in [-0.15, -0.1) is 0 Å². The number of anilines is 2. The number of nitrogen functional groups attached to an aromatic ring is 1. The number of halogens is 2. The predicted octanol–water partition coefficient (Wildman–Crippen LogP) is 4.59. The van der Waals surface area contributed by atoms with Gasteiger partial charge in [-0.3, -0.25) is 0 Å². The monoisotopic (exact) mass is 286 g/mol. The van der Waals surface area contributed by atoms with Crippen molar-refractivity contribution in [2.75, 3.05) is 23.7 Å². The Bertz CT molecular complexity index is 444. The van der Waals surface area contributed by atoms with E-state index in [9.17, 15) is 0 Å². The highest BCUT2D eigenvalue weighted by atomic mass is 35.5. The van der Waals surface area contributed by atoms with Crippen molar-refractivity contribution in [3.05, 3.63) is 22.2 Å². The van der Waals surface area contributed by atoms with Gasteiger partial charge in [0.2, 0.25) is 0 Å². The van der Waals surface area contributed by atoms with E-state index < -0.39 is 0 Å². The van der Waals surface area contributed by atoms with Crippen LogP contribution in [0.4, 0.5) is 11.4 Å². The molecule has 0 unspecified atom stereocenters. The van der Waals surface area contributed by atoms with E-state index in [2.05, 4.69) is 18.7 Å². The molecule has 0 aliphatic carbocycles.